The molecule has 3 rings (SSSR count). The van der Waals surface area contributed by atoms with E-state index >= 15 is 0 Å². The van der Waals surface area contributed by atoms with Crippen LogP contribution in [0.25, 0.3) is 0 Å². The minimum Gasteiger partial charge on any atom is -0.497 e. The van der Waals surface area contributed by atoms with Crippen molar-refractivity contribution in [2.24, 2.45) is 0 Å². The van der Waals surface area contributed by atoms with Crippen LogP contribution in [0.15, 0.2) is 83.8 Å². The van der Waals surface area contributed by atoms with E-state index in [9.17, 15) is 8.42 Å². The molecule has 0 N–H and O–H groups in total. The summed E-state index contributed by atoms with van der Waals surface area (Å²) in [5, 5.41) is 0. The van der Waals surface area contributed by atoms with Gasteiger partial charge < -0.3 is 8.92 Å². The number of hydrogen-bond acceptors (Lipinski definition) is 4. The number of hydrogen-bond donors (Lipinski definition) is 0. The summed E-state index contributed by atoms with van der Waals surface area (Å²) in [6.45, 7) is 2.24. The molecular formula is C31H41IO4S. The van der Waals surface area contributed by atoms with Crippen LogP contribution in [-0.4, -0.2) is 15.5 Å². The standard InChI is InChI=1S/C25H36O4S.C6H5I/c1-3-4-5-6-7-8-9-10-11-12-15-22-16-13-14-17-25(22)30(26,27)29-24-20-18-23(28-2)19-21-24;7-6-4-2-1-3-5-6/h13-14,16-21H,3-12,15H2,1-2H3;1-5H. The Hall–Kier alpha value is -2.06. The van der Waals surface area contributed by atoms with Crippen molar-refractivity contribution in [1.29, 1.82) is 0 Å². The van der Waals surface area contributed by atoms with Crippen molar-refractivity contribution < 1.29 is 17.3 Å². The number of ether oxygens (including phenoxy) is 1. The zero-order valence-electron chi connectivity index (χ0n) is 22.2. The highest BCUT2D eigenvalue weighted by Gasteiger charge is 2.20. The van der Waals surface area contributed by atoms with Crippen LogP contribution in [0.1, 0.15) is 76.7 Å². The molecule has 0 spiro atoms. The average Bonchev–Trinajstić information content (AvgIpc) is 2.91. The van der Waals surface area contributed by atoms with Gasteiger partial charge in [-0.15, -0.1) is 0 Å². The third-order valence-corrected chi connectivity index (χ3v) is 8.11. The van der Waals surface area contributed by atoms with Crippen LogP contribution in [0.4, 0.5) is 0 Å². The van der Waals surface area contributed by atoms with E-state index in [1.54, 1.807) is 43.5 Å². The van der Waals surface area contributed by atoms with Crippen LogP contribution >= 0.6 is 22.6 Å². The molecule has 0 heterocycles. The lowest BCUT2D eigenvalue weighted by Crippen LogP contribution is -2.12. The van der Waals surface area contributed by atoms with Gasteiger partial charge in [0.25, 0.3) is 0 Å². The van der Waals surface area contributed by atoms with Crippen molar-refractivity contribution in [1.82, 2.24) is 0 Å². The Kier molecular flexibility index (Phi) is 15.4. The van der Waals surface area contributed by atoms with Gasteiger partial charge in [-0.05, 0) is 83.5 Å². The Labute approximate surface area is 238 Å². The smallest absolute Gasteiger partial charge is 0.339 e. The molecule has 3 aromatic carbocycles. The fraction of sp³-hybridized carbons (Fsp3) is 0.419. The Balaban J connectivity index is 0.000000591. The van der Waals surface area contributed by atoms with Crippen molar-refractivity contribution in [2.75, 3.05) is 7.11 Å². The maximum absolute atomic E-state index is 12.8. The van der Waals surface area contributed by atoms with Gasteiger partial charge in [0.05, 0.1) is 7.11 Å². The molecule has 0 unspecified atom stereocenters. The van der Waals surface area contributed by atoms with Gasteiger partial charge >= 0.3 is 10.1 Å². The van der Waals surface area contributed by atoms with E-state index in [0.717, 1.165) is 24.8 Å². The third kappa shape index (κ3) is 12.8. The molecule has 0 aliphatic carbocycles. The van der Waals surface area contributed by atoms with Crippen LogP contribution in [0.5, 0.6) is 11.5 Å². The summed E-state index contributed by atoms with van der Waals surface area (Å²) >= 11 is 2.28. The average molecular weight is 637 g/mol. The fourth-order valence-electron chi connectivity index (χ4n) is 3.97. The van der Waals surface area contributed by atoms with E-state index in [1.807, 2.05) is 30.3 Å². The van der Waals surface area contributed by atoms with Crippen LogP contribution in [0.2, 0.25) is 0 Å². The Morgan fingerprint density at radius 2 is 1.16 bits per heavy atom. The normalized spacial score (nSPS) is 10.9. The number of halogens is 1. The molecule has 6 heteroatoms. The molecule has 0 amide bonds. The predicted molar refractivity (Wildman–Crippen MR) is 162 cm³/mol. The summed E-state index contributed by atoms with van der Waals surface area (Å²) in [5.41, 5.74) is 0.825. The van der Waals surface area contributed by atoms with Crippen molar-refractivity contribution in [3.8, 4) is 11.5 Å². The van der Waals surface area contributed by atoms with E-state index < -0.39 is 10.1 Å². The highest BCUT2D eigenvalue weighted by Crippen LogP contribution is 2.25. The van der Waals surface area contributed by atoms with Gasteiger partial charge in [0.15, 0.2) is 0 Å². The van der Waals surface area contributed by atoms with Gasteiger partial charge in [-0.3, -0.25) is 0 Å². The van der Waals surface area contributed by atoms with Crippen LogP contribution in [0.3, 0.4) is 0 Å². The zero-order valence-corrected chi connectivity index (χ0v) is 25.2. The molecule has 0 aliphatic rings. The number of methoxy groups -OCH3 is 1. The second kappa shape index (κ2) is 18.2. The molecule has 0 atom stereocenters. The zero-order chi connectivity index (χ0) is 26.8. The molecule has 0 bridgehead atoms. The largest absolute Gasteiger partial charge is 0.497 e. The maximum atomic E-state index is 12.8. The second-order valence-corrected chi connectivity index (χ2v) is 11.8. The molecule has 4 nitrogen and oxygen atoms in total. The Bertz CT molecular complexity index is 1100. The minimum absolute atomic E-state index is 0.261. The molecule has 0 saturated heterocycles. The molecule has 3 aromatic rings. The van der Waals surface area contributed by atoms with E-state index in [-0.39, 0.29) is 10.6 Å². The lowest BCUT2D eigenvalue weighted by Gasteiger charge is -2.12. The molecule has 0 aromatic heterocycles. The topological polar surface area (TPSA) is 52.6 Å². The molecular weight excluding hydrogens is 595 g/mol. The molecule has 0 radical (unpaired) electrons. The summed E-state index contributed by atoms with van der Waals surface area (Å²) in [4.78, 5) is 0.261. The van der Waals surface area contributed by atoms with Gasteiger partial charge in [-0.25, -0.2) is 0 Å². The highest BCUT2D eigenvalue weighted by atomic mass is 127. The number of rotatable bonds is 15. The Morgan fingerprint density at radius 3 is 1.70 bits per heavy atom. The first-order valence-electron chi connectivity index (χ1n) is 13.3. The summed E-state index contributed by atoms with van der Waals surface area (Å²) < 4.78 is 37.3. The lowest BCUT2D eigenvalue weighted by molar-refractivity contribution is 0.413. The van der Waals surface area contributed by atoms with Crippen LogP contribution in [0, 0.1) is 3.57 Å². The summed E-state index contributed by atoms with van der Waals surface area (Å²) in [6, 6.07) is 23.9. The minimum atomic E-state index is -3.87. The van der Waals surface area contributed by atoms with Crippen molar-refractivity contribution >= 4 is 32.7 Å². The quantitative estimate of drug-likeness (QED) is 0.0949. The van der Waals surface area contributed by atoms with Gasteiger partial charge in [-0.1, -0.05) is 101 Å². The van der Waals surface area contributed by atoms with Crippen molar-refractivity contribution in [3.63, 3.8) is 0 Å². The fourth-order valence-corrected chi connectivity index (χ4v) is 5.58. The Morgan fingerprint density at radius 1 is 0.649 bits per heavy atom. The third-order valence-electron chi connectivity index (χ3n) is 6.04. The molecule has 202 valence electrons. The molecule has 0 fully saturated rings. The van der Waals surface area contributed by atoms with Crippen molar-refractivity contribution in [2.45, 2.75) is 82.4 Å². The van der Waals surface area contributed by atoms with Gasteiger partial charge in [-0.2, -0.15) is 8.42 Å². The van der Waals surface area contributed by atoms with Crippen LogP contribution in [-0.2, 0) is 16.5 Å². The summed E-state index contributed by atoms with van der Waals surface area (Å²) in [5.74, 6) is 0.936. The number of aryl methyl sites for hydroxylation is 1. The van der Waals surface area contributed by atoms with E-state index in [4.69, 9.17) is 8.92 Å². The van der Waals surface area contributed by atoms with E-state index in [0.29, 0.717) is 5.75 Å². The first-order valence-corrected chi connectivity index (χ1v) is 15.8. The van der Waals surface area contributed by atoms with E-state index in [1.165, 1.54) is 54.9 Å². The molecule has 37 heavy (non-hydrogen) atoms. The molecule has 0 aliphatic heterocycles. The van der Waals surface area contributed by atoms with E-state index in [2.05, 4.69) is 41.6 Å². The lowest BCUT2D eigenvalue weighted by atomic mass is 10.0. The van der Waals surface area contributed by atoms with Gasteiger partial charge in [0, 0.05) is 3.57 Å². The second-order valence-electron chi connectivity index (χ2n) is 9.05. The first kappa shape index (κ1) is 31.2. The maximum Gasteiger partial charge on any atom is 0.339 e. The SMILES string of the molecule is CCCCCCCCCCCCc1ccccc1S(=O)(=O)Oc1ccc(OC)cc1.Ic1ccccc1. The monoisotopic (exact) mass is 636 g/mol. The summed E-state index contributed by atoms with van der Waals surface area (Å²) in [7, 11) is -2.30. The number of unbranched alkanes of at least 4 members (excludes halogenated alkanes) is 9. The van der Waals surface area contributed by atoms with Crippen LogP contribution < -0.4 is 8.92 Å². The number of benzene rings is 3. The first-order chi connectivity index (χ1) is 18.0. The summed E-state index contributed by atoms with van der Waals surface area (Å²) in [6.07, 6.45) is 13.4. The molecule has 0 saturated carbocycles. The van der Waals surface area contributed by atoms with Gasteiger partial charge in [0.1, 0.15) is 16.4 Å². The van der Waals surface area contributed by atoms with Gasteiger partial charge in [0.2, 0.25) is 0 Å². The predicted octanol–water partition coefficient (Wildman–Crippen LogP) is 9.22. The highest BCUT2D eigenvalue weighted by molar-refractivity contribution is 14.1. The van der Waals surface area contributed by atoms with Crippen molar-refractivity contribution in [3.05, 3.63) is 88.0 Å².